The fourth-order valence-corrected chi connectivity index (χ4v) is 3.19. The fraction of sp³-hybridized carbons (Fsp3) is 0.263. The van der Waals surface area contributed by atoms with Gasteiger partial charge < -0.3 is 9.32 Å². The second kappa shape index (κ2) is 6.59. The summed E-state index contributed by atoms with van der Waals surface area (Å²) in [6.45, 7) is 3.21. The van der Waals surface area contributed by atoms with Gasteiger partial charge in [0.25, 0.3) is 0 Å². The minimum atomic E-state index is -0.370. The molecule has 0 spiro atoms. The fourth-order valence-electron chi connectivity index (χ4n) is 3.19. The van der Waals surface area contributed by atoms with Gasteiger partial charge >= 0.3 is 5.69 Å². The number of piperidine rings is 1. The van der Waals surface area contributed by atoms with E-state index in [2.05, 4.69) is 9.97 Å². The Hall–Kier alpha value is -3.22. The topological polar surface area (TPSA) is 85.3 Å². The number of hydrogen-bond donors (Lipinski definition) is 0. The highest BCUT2D eigenvalue weighted by Crippen LogP contribution is 2.30. The van der Waals surface area contributed by atoms with Crippen LogP contribution in [0.5, 0.6) is 0 Å². The molecule has 2 aromatic heterocycles. The number of pyridine rings is 1. The van der Waals surface area contributed by atoms with Gasteiger partial charge in [0.2, 0.25) is 11.7 Å². The van der Waals surface area contributed by atoms with Crippen LogP contribution in [0.1, 0.15) is 24.4 Å². The van der Waals surface area contributed by atoms with Crippen LogP contribution in [0.15, 0.2) is 46.4 Å². The number of benzene rings is 1. The van der Waals surface area contributed by atoms with Crippen molar-refractivity contribution < 1.29 is 9.34 Å². The first-order valence-electron chi connectivity index (χ1n) is 8.52. The molecule has 0 bridgehead atoms. The van der Waals surface area contributed by atoms with Gasteiger partial charge in [0.1, 0.15) is 5.52 Å². The molecule has 7 heteroatoms. The Morgan fingerprint density at radius 2 is 1.92 bits per heavy atom. The third kappa shape index (κ3) is 3.15. The molecule has 3 aromatic rings. The first-order valence-corrected chi connectivity index (χ1v) is 8.52. The molecular formula is C19H18N4O3. The Labute approximate surface area is 150 Å². The van der Waals surface area contributed by atoms with E-state index in [0.717, 1.165) is 29.6 Å². The number of oxazole rings is 1. The van der Waals surface area contributed by atoms with Gasteiger partial charge in [-0.15, -0.1) is 0 Å². The summed E-state index contributed by atoms with van der Waals surface area (Å²) in [5.41, 5.74) is 3.68. The molecule has 1 saturated heterocycles. The Morgan fingerprint density at radius 3 is 2.65 bits per heavy atom. The number of aromatic nitrogens is 2. The predicted molar refractivity (Wildman–Crippen MR) is 99.1 cm³/mol. The summed E-state index contributed by atoms with van der Waals surface area (Å²) >= 11 is 0. The maximum Gasteiger partial charge on any atom is 0.311 e. The van der Waals surface area contributed by atoms with Crippen LogP contribution in [-0.2, 0) is 0 Å². The molecule has 0 N–H and O–H groups in total. The van der Waals surface area contributed by atoms with Gasteiger partial charge in [-0.2, -0.15) is 0 Å². The first kappa shape index (κ1) is 16.3. The standard InChI is InChI=1S/C19H18N4O3/c1-13-6-7-16(23(24)25)19(20-13)22-10-8-14(9-11-22)12-18-21-15-4-2-3-5-17(15)26-18/h2-7,12H,8-11H2,1H3. The zero-order valence-corrected chi connectivity index (χ0v) is 14.4. The number of anilines is 1. The zero-order valence-electron chi connectivity index (χ0n) is 14.4. The highest BCUT2D eigenvalue weighted by atomic mass is 16.6. The molecule has 0 amide bonds. The SMILES string of the molecule is Cc1ccc([N+](=O)[O-])c(N2CCC(=Cc3nc4ccccc4o3)CC2)n1. The number of hydrogen-bond acceptors (Lipinski definition) is 6. The van der Waals surface area contributed by atoms with E-state index in [-0.39, 0.29) is 10.6 Å². The van der Waals surface area contributed by atoms with Crippen molar-refractivity contribution in [2.45, 2.75) is 19.8 Å². The van der Waals surface area contributed by atoms with Gasteiger partial charge in [-0.05, 0) is 38.0 Å². The van der Waals surface area contributed by atoms with Crippen LogP contribution in [0, 0.1) is 17.0 Å². The normalized spacial score (nSPS) is 14.7. The van der Waals surface area contributed by atoms with Crippen molar-refractivity contribution in [2.24, 2.45) is 0 Å². The molecule has 7 nitrogen and oxygen atoms in total. The Kier molecular flexibility index (Phi) is 4.12. The third-order valence-corrected chi connectivity index (χ3v) is 4.53. The molecule has 132 valence electrons. The van der Waals surface area contributed by atoms with Crippen LogP contribution in [0.4, 0.5) is 11.5 Å². The molecule has 26 heavy (non-hydrogen) atoms. The van der Waals surface area contributed by atoms with E-state index in [1.807, 2.05) is 42.2 Å². The van der Waals surface area contributed by atoms with Crippen molar-refractivity contribution in [1.82, 2.24) is 9.97 Å². The molecule has 3 heterocycles. The second-order valence-electron chi connectivity index (χ2n) is 6.36. The average Bonchev–Trinajstić information content (AvgIpc) is 3.04. The molecule has 4 rings (SSSR count). The van der Waals surface area contributed by atoms with Crippen molar-refractivity contribution in [1.29, 1.82) is 0 Å². The van der Waals surface area contributed by atoms with E-state index in [0.29, 0.717) is 24.8 Å². The molecule has 0 saturated carbocycles. The third-order valence-electron chi connectivity index (χ3n) is 4.53. The van der Waals surface area contributed by atoms with Gasteiger partial charge in [0, 0.05) is 30.9 Å². The molecule has 0 atom stereocenters. The van der Waals surface area contributed by atoms with Gasteiger partial charge in [-0.1, -0.05) is 17.7 Å². The van der Waals surface area contributed by atoms with E-state index in [1.54, 1.807) is 6.07 Å². The molecule has 1 fully saturated rings. The lowest BCUT2D eigenvalue weighted by Gasteiger charge is -2.29. The van der Waals surface area contributed by atoms with Crippen molar-refractivity contribution in [2.75, 3.05) is 18.0 Å². The van der Waals surface area contributed by atoms with Crippen LogP contribution in [0.3, 0.4) is 0 Å². The number of para-hydroxylation sites is 2. The largest absolute Gasteiger partial charge is 0.437 e. The molecule has 1 aliphatic heterocycles. The lowest BCUT2D eigenvalue weighted by molar-refractivity contribution is -0.384. The monoisotopic (exact) mass is 350 g/mol. The number of nitro groups is 1. The van der Waals surface area contributed by atoms with E-state index in [9.17, 15) is 10.1 Å². The number of rotatable bonds is 3. The number of aryl methyl sites for hydroxylation is 1. The predicted octanol–water partition coefficient (Wildman–Crippen LogP) is 4.12. The molecule has 1 aliphatic rings. The molecule has 0 aliphatic carbocycles. The van der Waals surface area contributed by atoms with Crippen molar-refractivity contribution in [3.05, 3.63) is 63.7 Å². The minimum Gasteiger partial charge on any atom is -0.437 e. The van der Waals surface area contributed by atoms with Crippen LogP contribution < -0.4 is 4.90 Å². The highest BCUT2D eigenvalue weighted by Gasteiger charge is 2.24. The Morgan fingerprint density at radius 1 is 1.15 bits per heavy atom. The lowest BCUT2D eigenvalue weighted by atomic mass is 10.0. The average molecular weight is 350 g/mol. The lowest BCUT2D eigenvalue weighted by Crippen LogP contribution is -2.32. The van der Waals surface area contributed by atoms with Crippen molar-refractivity contribution >= 4 is 28.7 Å². The Balaban J connectivity index is 1.52. The van der Waals surface area contributed by atoms with E-state index < -0.39 is 0 Å². The number of fused-ring (bicyclic) bond motifs is 1. The van der Waals surface area contributed by atoms with E-state index in [1.165, 1.54) is 11.6 Å². The van der Waals surface area contributed by atoms with Crippen LogP contribution in [0.25, 0.3) is 17.2 Å². The summed E-state index contributed by atoms with van der Waals surface area (Å²) in [4.78, 5) is 21.7. The van der Waals surface area contributed by atoms with Crippen molar-refractivity contribution in [3.63, 3.8) is 0 Å². The number of nitrogens with zero attached hydrogens (tertiary/aromatic N) is 4. The molecule has 0 radical (unpaired) electrons. The van der Waals surface area contributed by atoms with E-state index >= 15 is 0 Å². The first-order chi connectivity index (χ1) is 12.6. The van der Waals surface area contributed by atoms with Crippen LogP contribution in [-0.4, -0.2) is 28.0 Å². The Bertz CT molecular complexity index is 966. The zero-order chi connectivity index (χ0) is 18.1. The highest BCUT2D eigenvalue weighted by molar-refractivity contribution is 5.73. The van der Waals surface area contributed by atoms with Crippen LogP contribution >= 0.6 is 0 Å². The summed E-state index contributed by atoms with van der Waals surface area (Å²) < 4.78 is 5.75. The van der Waals surface area contributed by atoms with Gasteiger partial charge in [0.15, 0.2) is 5.58 Å². The maximum atomic E-state index is 11.3. The summed E-state index contributed by atoms with van der Waals surface area (Å²) in [7, 11) is 0. The minimum absolute atomic E-state index is 0.0574. The second-order valence-corrected chi connectivity index (χ2v) is 6.36. The maximum absolute atomic E-state index is 11.3. The van der Waals surface area contributed by atoms with E-state index in [4.69, 9.17) is 4.42 Å². The summed E-state index contributed by atoms with van der Waals surface area (Å²) in [5, 5.41) is 11.3. The van der Waals surface area contributed by atoms with Gasteiger partial charge in [-0.25, -0.2) is 9.97 Å². The summed E-state index contributed by atoms with van der Waals surface area (Å²) in [6.07, 6.45) is 3.58. The van der Waals surface area contributed by atoms with Crippen LogP contribution in [0.2, 0.25) is 0 Å². The molecule has 1 aromatic carbocycles. The quantitative estimate of drug-likeness (QED) is 0.522. The van der Waals surface area contributed by atoms with Crippen molar-refractivity contribution in [3.8, 4) is 0 Å². The van der Waals surface area contributed by atoms with Gasteiger partial charge in [0.05, 0.1) is 4.92 Å². The molecular weight excluding hydrogens is 332 g/mol. The summed E-state index contributed by atoms with van der Waals surface area (Å²) in [5.74, 6) is 1.06. The summed E-state index contributed by atoms with van der Waals surface area (Å²) in [6, 6.07) is 10.9. The smallest absolute Gasteiger partial charge is 0.311 e. The molecule has 0 unspecified atom stereocenters. The van der Waals surface area contributed by atoms with Gasteiger partial charge in [-0.3, -0.25) is 10.1 Å².